The number of hydrogen-bond donors (Lipinski definition) is 1. The highest BCUT2D eigenvalue weighted by molar-refractivity contribution is 6.30. The molecular weight excluding hydrogens is 213 g/mol. The van der Waals surface area contributed by atoms with Gasteiger partial charge in [-0.1, -0.05) is 29.3 Å². The van der Waals surface area contributed by atoms with E-state index in [1.807, 2.05) is 27.0 Å². The molecule has 0 spiro atoms. The first-order chi connectivity index (χ1) is 7.04. The van der Waals surface area contributed by atoms with Gasteiger partial charge in [0.2, 0.25) is 0 Å². The molecule has 1 unspecified atom stereocenters. The molecule has 1 nitrogen and oxygen atoms in total. The van der Waals surface area contributed by atoms with Crippen molar-refractivity contribution in [2.45, 2.75) is 19.9 Å². The summed E-state index contributed by atoms with van der Waals surface area (Å²) in [6.45, 7) is 3.99. The van der Waals surface area contributed by atoms with E-state index in [2.05, 4.69) is 5.32 Å². The molecule has 1 N–H and O–H groups in total. The van der Waals surface area contributed by atoms with E-state index in [-0.39, 0.29) is 11.9 Å². The molecule has 0 amide bonds. The lowest BCUT2D eigenvalue weighted by Gasteiger charge is -2.10. The van der Waals surface area contributed by atoms with Crippen LogP contribution >= 0.6 is 11.6 Å². The topological polar surface area (TPSA) is 12.0 Å². The molecule has 3 heteroatoms. The minimum atomic E-state index is -0.287. The van der Waals surface area contributed by atoms with Crippen LogP contribution in [-0.2, 0) is 0 Å². The molecule has 1 aromatic rings. The van der Waals surface area contributed by atoms with E-state index in [1.165, 1.54) is 6.07 Å². The normalized spacial score (nSPS) is 14.1. The Labute approximate surface area is 95.0 Å². The van der Waals surface area contributed by atoms with Gasteiger partial charge in [0.15, 0.2) is 0 Å². The van der Waals surface area contributed by atoms with Crippen LogP contribution < -0.4 is 5.32 Å². The zero-order valence-electron chi connectivity index (χ0n) is 9.14. The summed E-state index contributed by atoms with van der Waals surface area (Å²) in [5.74, 6) is -0.287. The Bertz CT molecular complexity index is 374. The molecule has 0 aromatic heterocycles. The van der Waals surface area contributed by atoms with Crippen LogP contribution in [0.4, 0.5) is 4.39 Å². The Kier molecular flexibility index (Phi) is 4.30. The fraction of sp³-hybridized carbons (Fsp3) is 0.333. The third kappa shape index (κ3) is 3.33. The van der Waals surface area contributed by atoms with Gasteiger partial charge in [0.25, 0.3) is 0 Å². The number of nitrogens with one attached hydrogen (secondary N) is 1. The van der Waals surface area contributed by atoms with Crippen LogP contribution in [-0.4, -0.2) is 13.1 Å². The van der Waals surface area contributed by atoms with Crippen molar-refractivity contribution in [3.05, 3.63) is 40.2 Å². The van der Waals surface area contributed by atoms with Gasteiger partial charge in [0, 0.05) is 16.6 Å². The zero-order valence-corrected chi connectivity index (χ0v) is 9.90. The predicted molar refractivity (Wildman–Crippen MR) is 63.6 cm³/mol. The van der Waals surface area contributed by atoms with Gasteiger partial charge in [-0.25, -0.2) is 4.39 Å². The highest BCUT2D eigenvalue weighted by Gasteiger charge is 2.04. The first-order valence-corrected chi connectivity index (χ1v) is 5.23. The van der Waals surface area contributed by atoms with Crippen LogP contribution in [0.5, 0.6) is 0 Å². The highest BCUT2D eigenvalue weighted by atomic mass is 35.5. The third-order valence-electron chi connectivity index (χ3n) is 2.46. The molecule has 1 atom stereocenters. The SMILES string of the molecule is CNC(C)/C(C)=C/c1ccc(Cl)cc1F. The van der Waals surface area contributed by atoms with Crippen LogP contribution in [0.3, 0.4) is 0 Å². The summed E-state index contributed by atoms with van der Waals surface area (Å²) < 4.78 is 13.4. The third-order valence-corrected chi connectivity index (χ3v) is 2.70. The standard InChI is InChI=1S/C12H15ClFN/c1-8(9(2)15-3)6-10-4-5-11(13)7-12(10)14/h4-7,9,15H,1-3H3/b8-6+. The summed E-state index contributed by atoms with van der Waals surface area (Å²) in [6.07, 6.45) is 1.83. The second-order valence-electron chi connectivity index (χ2n) is 3.56. The van der Waals surface area contributed by atoms with Crippen molar-refractivity contribution < 1.29 is 4.39 Å². The molecule has 0 saturated carbocycles. The van der Waals surface area contributed by atoms with Crippen molar-refractivity contribution in [3.63, 3.8) is 0 Å². The van der Waals surface area contributed by atoms with E-state index in [4.69, 9.17) is 11.6 Å². The van der Waals surface area contributed by atoms with E-state index in [9.17, 15) is 4.39 Å². The van der Waals surface area contributed by atoms with Crippen molar-refractivity contribution in [3.8, 4) is 0 Å². The van der Waals surface area contributed by atoms with Gasteiger partial charge in [0.1, 0.15) is 5.82 Å². The quantitative estimate of drug-likeness (QED) is 0.834. The Hall–Kier alpha value is -0.860. The van der Waals surface area contributed by atoms with E-state index in [0.717, 1.165) is 5.57 Å². The molecule has 0 aliphatic heterocycles. The van der Waals surface area contributed by atoms with Crippen LogP contribution in [0.25, 0.3) is 6.08 Å². The molecular formula is C12H15ClFN. The maximum absolute atomic E-state index is 13.4. The predicted octanol–water partition coefficient (Wildman–Crippen LogP) is 3.49. The fourth-order valence-electron chi connectivity index (χ4n) is 1.22. The fourth-order valence-corrected chi connectivity index (χ4v) is 1.38. The molecule has 82 valence electrons. The lowest BCUT2D eigenvalue weighted by atomic mass is 10.1. The molecule has 0 fully saturated rings. The second kappa shape index (κ2) is 5.29. The van der Waals surface area contributed by atoms with Crippen LogP contribution in [0.15, 0.2) is 23.8 Å². The summed E-state index contributed by atoms with van der Waals surface area (Å²) in [6, 6.07) is 4.93. The van der Waals surface area contributed by atoms with Gasteiger partial charge in [-0.3, -0.25) is 0 Å². The molecule has 15 heavy (non-hydrogen) atoms. The van der Waals surface area contributed by atoms with E-state index in [0.29, 0.717) is 10.6 Å². The Balaban J connectivity index is 2.98. The lowest BCUT2D eigenvalue weighted by molar-refractivity contribution is 0.624. The van der Waals surface area contributed by atoms with Gasteiger partial charge >= 0.3 is 0 Å². The Morgan fingerprint density at radius 3 is 2.73 bits per heavy atom. The maximum Gasteiger partial charge on any atom is 0.131 e. The first-order valence-electron chi connectivity index (χ1n) is 4.85. The van der Waals surface area contributed by atoms with Gasteiger partial charge in [-0.15, -0.1) is 0 Å². The minimum absolute atomic E-state index is 0.236. The number of halogens is 2. The molecule has 1 rings (SSSR count). The molecule has 0 heterocycles. The first kappa shape index (κ1) is 12.2. The average molecular weight is 228 g/mol. The van der Waals surface area contributed by atoms with Crippen LogP contribution in [0, 0.1) is 5.82 Å². The molecule has 0 radical (unpaired) electrons. The van der Waals surface area contributed by atoms with Crippen molar-refractivity contribution in [1.29, 1.82) is 0 Å². The van der Waals surface area contributed by atoms with Crippen LogP contribution in [0.2, 0.25) is 5.02 Å². The summed E-state index contributed by atoms with van der Waals surface area (Å²) >= 11 is 5.67. The van der Waals surface area contributed by atoms with Crippen LogP contribution in [0.1, 0.15) is 19.4 Å². The average Bonchev–Trinajstić information content (AvgIpc) is 2.20. The summed E-state index contributed by atoms with van der Waals surface area (Å²) in [7, 11) is 1.88. The van der Waals surface area contributed by atoms with Crippen molar-refractivity contribution in [2.75, 3.05) is 7.05 Å². The van der Waals surface area contributed by atoms with E-state index < -0.39 is 0 Å². The summed E-state index contributed by atoms with van der Waals surface area (Å²) in [5.41, 5.74) is 1.65. The molecule has 0 bridgehead atoms. The highest BCUT2D eigenvalue weighted by Crippen LogP contribution is 2.17. The number of likely N-dealkylation sites (N-methyl/N-ethyl adjacent to an activating group) is 1. The second-order valence-corrected chi connectivity index (χ2v) is 4.00. The van der Waals surface area contributed by atoms with E-state index >= 15 is 0 Å². The monoisotopic (exact) mass is 227 g/mol. The van der Waals surface area contributed by atoms with Crippen molar-refractivity contribution in [1.82, 2.24) is 5.32 Å². The van der Waals surface area contributed by atoms with Gasteiger partial charge in [-0.05, 0) is 33.0 Å². The lowest BCUT2D eigenvalue weighted by Crippen LogP contribution is -2.22. The van der Waals surface area contributed by atoms with E-state index in [1.54, 1.807) is 12.1 Å². The minimum Gasteiger partial charge on any atom is -0.314 e. The molecule has 1 aromatic carbocycles. The Morgan fingerprint density at radius 1 is 1.53 bits per heavy atom. The van der Waals surface area contributed by atoms with Gasteiger partial charge in [-0.2, -0.15) is 0 Å². The van der Waals surface area contributed by atoms with Gasteiger partial charge < -0.3 is 5.32 Å². The van der Waals surface area contributed by atoms with Crippen molar-refractivity contribution >= 4 is 17.7 Å². The molecule has 0 aliphatic carbocycles. The molecule has 0 aliphatic rings. The maximum atomic E-state index is 13.4. The summed E-state index contributed by atoms with van der Waals surface area (Å²) in [4.78, 5) is 0. The largest absolute Gasteiger partial charge is 0.314 e. The molecule has 0 saturated heterocycles. The smallest absolute Gasteiger partial charge is 0.131 e. The number of rotatable bonds is 3. The zero-order chi connectivity index (χ0) is 11.4. The number of benzene rings is 1. The Morgan fingerprint density at radius 2 is 2.20 bits per heavy atom. The number of hydrogen-bond acceptors (Lipinski definition) is 1. The van der Waals surface area contributed by atoms with Crippen molar-refractivity contribution in [2.24, 2.45) is 0 Å². The summed E-state index contributed by atoms with van der Waals surface area (Å²) in [5, 5.41) is 3.52. The van der Waals surface area contributed by atoms with Gasteiger partial charge in [0.05, 0.1) is 0 Å².